The number of hydrogen-bond acceptors (Lipinski definition) is 5. The van der Waals surface area contributed by atoms with Gasteiger partial charge in [-0.2, -0.15) is 0 Å². The molecular weight excluding hydrogens is 392 g/mol. The second-order valence-electron chi connectivity index (χ2n) is 8.00. The lowest BCUT2D eigenvalue weighted by Gasteiger charge is -2.32. The van der Waals surface area contributed by atoms with Gasteiger partial charge in [-0.05, 0) is 55.5 Å². The van der Waals surface area contributed by atoms with Gasteiger partial charge in [0.25, 0.3) is 11.8 Å². The van der Waals surface area contributed by atoms with Gasteiger partial charge in [-0.1, -0.05) is 25.1 Å². The number of ether oxygens (including phenoxy) is 2. The third-order valence-electron chi connectivity index (χ3n) is 5.92. The first kappa shape index (κ1) is 21.0. The molecule has 1 fully saturated rings. The van der Waals surface area contributed by atoms with E-state index >= 15 is 0 Å². The van der Waals surface area contributed by atoms with Crippen molar-refractivity contribution in [3.8, 4) is 11.5 Å². The molecule has 0 saturated carbocycles. The van der Waals surface area contributed by atoms with Gasteiger partial charge >= 0.3 is 0 Å². The van der Waals surface area contributed by atoms with Gasteiger partial charge in [0.1, 0.15) is 17.2 Å². The van der Waals surface area contributed by atoms with E-state index in [4.69, 9.17) is 9.47 Å². The van der Waals surface area contributed by atoms with Crippen LogP contribution in [0.25, 0.3) is 5.57 Å². The van der Waals surface area contributed by atoms with Crippen molar-refractivity contribution < 1.29 is 19.1 Å². The van der Waals surface area contributed by atoms with Crippen LogP contribution >= 0.6 is 0 Å². The van der Waals surface area contributed by atoms with Crippen molar-refractivity contribution in [1.29, 1.82) is 0 Å². The first-order valence-corrected chi connectivity index (χ1v) is 10.8. The molecule has 2 aromatic rings. The van der Waals surface area contributed by atoms with Gasteiger partial charge in [0.2, 0.25) is 0 Å². The summed E-state index contributed by atoms with van der Waals surface area (Å²) in [6.45, 7) is 6.25. The van der Waals surface area contributed by atoms with Gasteiger partial charge < -0.3 is 14.4 Å². The number of rotatable bonds is 6. The minimum Gasteiger partial charge on any atom is -0.497 e. The van der Waals surface area contributed by atoms with E-state index in [9.17, 15) is 9.59 Å². The van der Waals surface area contributed by atoms with Crippen LogP contribution in [0, 0.1) is 5.92 Å². The lowest BCUT2D eigenvalue weighted by molar-refractivity contribution is -0.120. The molecule has 0 aromatic heterocycles. The average molecular weight is 421 g/mol. The minimum absolute atomic E-state index is 0.281. The Balaban J connectivity index is 1.77. The maximum atomic E-state index is 13.6. The predicted molar refractivity (Wildman–Crippen MR) is 120 cm³/mol. The summed E-state index contributed by atoms with van der Waals surface area (Å²) >= 11 is 0. The smallest absolute Gasteiger partial charge is 0.282 e. The van der Waals surface area contributed by atoms with Gasteiger partial charge in [0.05, 0.1) is 25.0 Å². The highest BCUT2D eigenvalue weighted by atomic mass is 16.5. The molecule has 6 nitrogen and oxygen atoms in total. The zero-order valence-electron chi connectivity index (χ0n) is 18.3. The Hall–Kier alpha value is -3.28. The molecule has 31 heavy (non-hydrogen) atoms. The maximum absolute atomic E-state index is 13.6. The summed E-state index contributed by atoms with van der Waals surface area (Å²) in [6, 6.07) is 14.4. The van der Waals surface area contributed by atoms with E-state index in [1.807, 2.05) is 31.2 Å². The first-order valence-electron chi connectivity index (χ1n) is 10.8. The lowest BCUT2D eigenvalue weighted by Crippen LogP contribution is -2.38. The molecule has 4 rings (SSSR count). The summed E-state index contributed by atoms with van der Waals surface area (Å²) in [5.74, 6) is 1.36. The summed E-state index contributed by atoms with van der Waals surface area (Å²) < 4.78 is 10.8. The fourth-order valence-electron chi connectivity index (χ4n) is 4.17. The van der Waals surface area contributed by atoms with Crippen LogP contribution in [0.15, 0.2) is 54.2 Å². The molecule has 2 aliphatic rings. The summed E-state index contributed by atoms with van der Waals surface area (Å²) in [7, 11) is 1.57. The largest absolute Gasteiger partial charge is 0.497 e. The fourth-order valence-corrected chi connectivity index (χ4v) is 4.17. The summed E-state index contributed by atoms with van der Waals surface area (Å²) in [6.07, 6.45) is 2.00. The minimum atomic E-state index is -0.309. The number of likely N-dealkylation sites (tertiary alicyclic amines) is 1. The van der Waals surface area contributed by atoms with E-state index in [0.29, 0.717) is 35.2 Å². The molecule has 2 heterocycles. The Morgan fingerprint density at radius 3 is 2.32 bits per heavy atom. The van der Waals surface area contributed by atoms with Gasteiger partial charge in [0, 0.05) is 19.2 Å². The van der Waals surface area contributed by atoms with Gasteiger partial charge in [-0.3, -0.25) is 9.59 Å². The monoisotopic (exact) mass is 420 g/mol. The first-order chi connectivity index (χ1) is 15.0. The van der Waals surface area contributed by atoms with E-state index < -0.39 is 0 Å². The molecule has 0 bridgehead atoms. The molecule has 2 amide bonds. The molecule has 162 valence electrons. The molecule has 0 unspecified atom stereocenters. The van der Waals surface area contributed by atoms with Crippen LogP contribution in [-0.2, 0) is 9.59 Å². The Kier molecular flexibility index (Phi) is 5.98. The number of nitrogens with zero attached hydrogens (tertiary/aromatic N) is 2. The van der Waals surface area contributed by atoms with Gasteiger partial charge in [0.15, 0.2) is 0 Å². The van der Waals surface area contributed by atoms with Gasteiger partial charge in [-0.15, -0.1) is 0 Å². The third-order valence-corrected chi connectivity index (χ3v) is 5.92. The zero-order chi connectivity index (χ0) is 22.0. The van der Waals surface area contributed by atoms with Crippen LogP contribution in [0.3, 0.4) is 0 Å². The highest BCUT2D eigenvalue weighted by molar-refractivity contribution is 6.45. The average Bonchev–Trinajstić information content (AvgIpc) is 3.05. The van der Waals surface area contributed by atoms with Crippen molar-refractivity contribution >= 4 is 23.1 Å². The van der Waals surface area contributed by atoms with E-state index in [1.54, 1.807) is 31.4 Å². The van der Waals surface area contributed by atoms with Crippen LogP contribution < -0.4 is 14.4 Å². The number of methoxy groups -OCH3 is 1. The van der Waals surface area contributed by atoms with Crippen molar-refractivity contribution in [2.45, 2.75) is 26.7 Å². The molecule has 0 N–H and O–H groups in total. The molecular formula is C25H28N2O4. The second kappa shape index (κ2) is 8.84. The molecule has 0 atom stereocenters. The number of anilines is 1. The molecule has 1 saturated heterocycles. The number of carbonyl (C=O) groups is 2. The predicted octanol–water partition coefficient (Wildman–Crippen LogP) is 4.11. The molecule has 2 aromatic carbocycles. The Bertz CT molecular complexity index is 1000. The summed E-state index contributed by atoms with van der Waals surface area (Å²) in [5, 5.41) is 0. The van der Waals surface area contributed by atoms with Crippen molar-refractivity contribution in [2.24, 2.45) is 5.92 Å². The van der Waals surface area contributed by atoms with Crippen LogP contribution in [0.2, 0.25) is 0 Å². The van der Waals surface area contributed by atoms with Crippen LogP contribution in [0.5, 0.6) is 11.5 Å². The third kappa shape index (κ3) is 4.02. The standard InChI is InChI=1S/C25H28N2O4/c1-4-31-20-10-8-18(9-11-20)22-23(26-14-12-17(2)13-15-26)25(29)27(24(22)28)19-6-5-7-21(16-19)30-3/h5-11,16-17H,4,12-15H2,1-3H3. The van der Waals surface area contributed by atoms with Crippen molar-refractivity contribution in [3.05, 3.63) is 59.8 Å². The maximum Gasteiger partial charge on any atom is 0.282 e. The van der Waals surface area contributed by atoms with Gasteiger partial charge in [-0.25, -0.2) is 4.90 Å². The highest BCUT2D eigenvalue weighted by Gasteiger charge is 2.43. The molecule has 0 spiro atoms. The number of hydrogen-bond donors (Lipinski definition) is 0. The Morgan fingerprint density at radius 2 is 1.68 bits per heavy atom. The van der Waals surface area contributed by atoms with Crippen molar-refractivity contribution in [1.82, 2.24) is 4.90 Å². The molecule has 6 heteroatoms. The van der Waals surface area contributed by atoms with Crippen LogP contribution in [0.4, 0.5) is 5.69 Å². The van der Waals surface area contributed by atoms with E-state index in [1.165, 1.54) is 4.90 Å². The lowest BCUT2D eigenvalue weighted by atomic mass is 9.97. The van der Waals surface area contributed by atoms with E-state index in [-0.39, 0.29) is 11.8 Å². The quantitative estimate of drug-likeness (QED) is 0.659. The molecule has 0 aliphatic carbocycles. The highest BCUT2D eigenvalue weighted by Crippen LogP contribution is 2.37. The SMILES string of the molecule is CCOc1ccc(C2=C(N3CCC(C)CC3)C(=O)N(c3cccc(OC)c3)C2=O)cc1. The number of carbonyl (C=O) groups excluding carboxylic acids is 2. The Labute approximate surface area is 183 Å². The zero-order valence-corrected chi connectivity index (χ0v) is 18.3. The Morgan fingerprint density at radius 1 is 0.968 bits per heavy atom. The van der Waals surface area contributed by atoms with E-state index in [0.717, 1.165) is 37.2 Å². The number of imide groups is 1. The van der Waals surface area contributed by atoms with E-state index in [2.05, 4.69) is 11.8 Å². The summed E-state index contributed by atoms with van der Waals surface area (Å²) in [4.78, 5) is 30.5. The van der Waals surface area contributed by atoms with Crippen molar-refractivity contribution in [2.75, 3.05) is 31.7 Å². The number of benzene rings is 2. The summed E-state index contributed by atoms with van der Waals surface area (Å²) in [5.41, 5.74) is 2.17. The molecule has 0 radical (unpaired) electrons. The molecule has 2 aliphatic heterocycles. The fraction of sp³-hybridized carbons (Fsp3) is 0.360. The topological polar surface area (TPSA) is 59.1 Å². The number of piperidine rings is 1. The number of amides is 2. The normalized spacial score (nSPS) is 17.5. The van der Waals surface area contributed by atoms with Crippen molar-refractivity contribution in [3.63, 3.8) is 0 Å². The van der Waals surface area contributed by atoms with Crippen LogP contribution in [0.1, 0.15) is 32.3 Å². The van der Waals surface area contributed by atoms with Crippen LogP contribution in [-0.4, -0.2) is 43.5 Å². The second-order valence-corrected chi connectivity index (χ2v) is 8.00.